The Hall–Kier alpha value is -3.71. The number of amides is 2. The number of aromatic nitrogens is 2. The fourth-order valence-corrected chi connectivity index (χ4v) is 5.04. The molecule has 0 bridgehead atoms. The van der Waals surface area contributed by atoms with Gasteiger partial charge in [-0.1, -0.05) is 60.7 Å². The van der Waals surface area contributed by atoms with Crippen LogP contribution in [0.3, 0.4) is 0 Å². The van der Waals surface area contributed by atoms with Gasteiger partial charge < -0.3 is 10.2 Å². The molecule has 1 N–H and O–H groups in total. The molecule has 4 aromatic rings. The Balaban J connectivity index is 1.51. The van der Waals surface area contributed by atoms with Crippen molar-refractivity contribution in [3.05, 3.63) is 101 Å². The molecular weight excluding hydrogens is 444 g/mol. The Labute approximate surface area is 202 Å². The summed E-state index contributed by atoms with van der Waals surface area (Å²) in [6.07, 6.45) is 0. The number of hydrogen-bond acceptors (Lipinski definition) is 4. The van der Waals surface area contributed by atoms with Gasteiger partial charge in [0.2, 0.25) is 5.91 Å². The van der Waals surface area contributed by atoms with Gasteiger partial charge in [0, 0.05) is 13.1 Å². The van der Waals surface area contributed by atoms with Crippen LogP contribution in [-0.2, 0) is 24.4 Å². The van der Waals surface area contributed by atoms with Crippen molar-refractivity contribution in [3.63, 3.8) is 0 Å². The molecule has 0 fully saturated rings. The van der Waals surface area contributed by atoms with Crippen molar-refractivity contribution in [2.45, 2.75) is 39.0 Å². The van der Waals surface area contributed by atoms with Gasteiger partial charge in [-0.25, -0.2) is 0 Å². The number of nitrogens with one attached hydrogen (secondary N) is 1. The van der Waals surface area contributed by atoms with Crippen molar-refractivity contribution >= 4 is 23.2 Å². The molecule has 6 nitrogen and oxygen atoms in total. The van der Waals surface area contributed by atoms with E-state index in [1.54, 1.807) is 20.9 Å². The number of nitrogens with zero attached hydrogens (tertiary/aromatic N) is 3. The lowest BCUT2D eigenvalue weighted by molar-refractivity contribution is -0.133. The number of carbonyl (C=O) groups is 2. The molecule has 3 heterocycles. The number of carbonyl (C=O) groups excluding carboxylic acids is 2. The summed E-state index contributed by atoms with van der Waals surface area (Å²) in [6.45, 7) is 4.88. The van der Waals surface area contributed by atoms with Crippen LogP contribution in [-0.4, -0.2) is 32.0 Å². The van der Waals surface area contributed by atoms with Gasteiger partial charge in [-0.05, 0) is 48.1 Å². The predicted molar refractivity (Wildman–Crippen MR) is 133 cm³/mol. The van der Waals surface area contributed by atoms with Crippen molar-refractivity contribution < 1.29 is 9.59 Å². The third kappa shape index (κ3) is 4.03. The maximum Gasteiger partial charge on any atom is 0.273 e. The van der Waals surface area contributed by atoms with E-state index in [-0.39, 0.29) is 18.4 Å². The highest BCUT2D eigenvalue weighted by Gasteiger charge is 2.48. The normalized spacial score (nSPS) is 17.5. The zero-order valence-corrected chi connectivity index (χ0v) is 20.0. The van der Waals surface area contributed by atoms with E-state index in [4.69, 9.17) is 5.10 Å². The molecule has 1 atom stereocenters. The van der Waals surface area contributed by atoms with Crippen LogP contribution in [0.25, 0.3) is 10.6 Å². The maximum atomic E-state index is 13.8. The van der Waals surface area contributed by atoms with E-state index in [2.05, 4.69) is 5.32 Å². The van der Waals surface area contributed by atoms with E-state index in [0.29, 0.717) is 18.8 Å². The van der Waals surface area contributed by atoms with E-state index < -0.39 is 5.54 Å². The van der Waals surface area contributed by atoms with E-state index in [1.807, 2.05) is 92.0 Å². The third-order valence-corrected chi connectivity index (χ3v) is 7.34. The van der Waals surface area contributed by atoms with Gasteiger partial charge in [-0.3, -0.25) is 14.3 Å². The van der Waals surface area contributed by atoms with Gasteiger partial charge >= 0.3 is 0 Å². The van der Waals surface area contributed by atoms with Crippen molar-refractivity contribution in [2.24, 2.45) is 0 Å². The zero-order chi connectivity index (χ0) is 23.7. The quantitative estimate of drug-likeness (QED) is 0.446. The van der Waals surface area contributed by atoms with Crippen LogP contribution in [0.5, 0.6) is 0 Å². The largest absolute Gasteiger partial charge is 0.350 e. The van der Waals surface area contributed by atoms with Gasteiger partial charge in [0.25, 0.3) is 5.91 Å². The predicted octanol–water partition coefficient (Wildman–Crippen LogP) is 4.65. The van der Waals surface area contributed by atoms with E-state index in [1.165, 1.54) is 0 Å². The van der Waals surface area contributed by atoms with Crippen molar-refractivity contribution in [3.8, 4) is 10.6 Å². The number of hydrogen-bond donors (Lipinski definition) is 1. The van der Waals surface area contributed by atoms with Crippen molar-refractivity contribution in [1.29, 1.82) is 0 Å². The Morgan fingerprint density at radius 2 is 1.85 bits per heavy atom. The first-order valence-corrected chi connectivity index (χ1v) is 12.1. The second-order valence-electron chi connectivity index (χ2n) is 8.81. The average molecular weight is 471 g/mol. The first-order valence-electron chi connectivity index (χ1n) is 11.3. The van der Waals surface area contributed by atoms with E-state index in [9.17, 15) is 9.59 Å². The van der Waals surface area contributed by atoms with Gasteiger partial charge in [-0.15, -0.1) is 11.3 Å². The molecule has 1 unspecified atom stereocenters. The first-order chi connectivity index (χ1) is 16.5. The smallest absolute Gasteiger partial charge is 0.273 e. The molecule has 172 valence electrons. The minimum absolute atomic E-state index is 0.192. The molecule has 5 rings (SSSR count). The summed E-state index contributed by atoms with van der Waals surface area (Å²) < 4.78 is 1.69. The van der Waals surface area contributed by atoms with Gasteiger partial charge in [0.05, 0.1) is 11.4 Å². The highest BCUT2D eigenvalue weighted by atomic mass is 32.1. The molecule has 1 aliphatic heterocycles. The number of fused-ring (bicyclic) bond motifs is 1. The summed E-state index contributed by atoms with van der Waals surface area (Å²) in [5.74, 6) is -0.390. The Morgan fingerprint density at radius 1 is 1.09 bits per heavy atom. The lowest BCUT2D eigenvalue weighted by atomic mass is 9.93. The summed E-state index contributed by atoms with van der Waals surface area (Å²) in [6, 6.07) is 23.5. The van der Waals surface area contributed by atoms with Crippen molar-refractivity contribution in [2.75, 3.05) is 0 Å². The summed E-state index contributed by atoms with van der Waals surface area (Å²) in [4.78, 5) is 30.1. The Morgan fingerprint density at radius 3 is 2.59 bits per heavy atom. The maximum absolute atomic E-state index is 13.8. The number of rotatable bonds is 6. The van der Waals surface area contributed by atoms with Gasteiger partial charge in [0.15, 0.2) is 0 Å². The monoisotopic (exact) mass is 470 g/mol. The van der Waals surface area contributed by atoms with Crippen LogP contribution >= 0.6 is 11.3 Å². The molecule has 34 heavy (non-hydrogen) atoms. The molecule has 0 saturated carbocycles. The van der Waals surface area contributed by atoms with Crippen LogP contribution in [0.1, 0.15) is 34.1 Å². The van der Waals surface area contributed by atoms with Gasteiger partial charge in [0.1, 0.15) is 16.9 Å². The minimum Gasteiger partial charge on any atom is -0.350 e. The summed E-state index contributed by atoms with van der Waals surface area (Å²) in [7, 11) is 0. The van der Waals surface area contributed by atoms with Gasteiger partial charge in [-0.2, -0.15) is 5.10 Å². The summed E-state index contributed by atoms with van der Waals surface area (Å²) in [5, 5.41) is 9.74. The lowest BCUT2D eigenvalue weighted by Crippen LogP contribution is -2.63. The van der Waals surface area contributed by atoms with Crippen molar-refractivity contribution in [1.82, 2.24) is 20.0 Å². The number of thiophene rings is 1. The molecule has 0 radical (unpaired) electrons. The zero-order valence-electron chi connectivity index (χ0n) is 19.2. The molecular formula is C27H26N4O2S. The van der Waals surface area contributed by atoms with Crippen LogP contribution in [0.2, 0.25) is 0 Å². The topological polar surface area (TPSA) is 67.2 Å². The SMILES string of the molecule is Cc1ccccc1CN1C(=O)c2cc(-c3cccs3)nn2CC1(C)C(=O)NCc1ccccc1. The van der Waals surface area contributed by atoms with Crippen LogP contribution in [0.4, 0.5) is 0 Å². The van der Waals surface area contributed by atoms with Crippen LogP contribution in [0, 0.1) is 6.92 Å². The number of aryl methyl sites for hydroxylation is 1. The summed E-state index contributed by atoms with van der Waals surface area (Å²) >= 11 is 1.58. The highest BCUT2D eigenvalue weighted by molar-refractivity contribution is 7.13. The first kappa shape index (κ1) is 22.1. The average Bonchev–Trinajstić information content (AvgIpc) is 3.52. The fraction of sp³-hybridized carbons (Fsp3) is 0.222. The van der Waals surface area contributed by atoms with Crippen LogP contribution < -0.4 is 5.32 Å². The standard InChI is InChI=1S/C27H26N4O2S/c1-19-9-6-7-12-21(19)17-30-25(32)23-15-22(24-13-8-14-34-24)29-31(23)18-27(30,2)26(33)28-16-20-10-4-3-5-11-20/h3-15H,16-18H2,1-2H3,(H,28,33). The third-order valence-electron chi connectivity index (χ3n) is 6.45. The van der Waals surface area contributed by atoms with Crippen LogP contribution in [0.15, 0.2) is 78.2 Å². The molecule has 2 aromatic heterocycles. The molecule has 0 aliphatic carbocycles. The summed E-state index contributed by atoms with van der Waals surface area (Å²) in [5.41, 5.74) is 3.27. The molecule has 2 amide bonds. The second-order valence-corrected chi connectivity index (χ2v) is 9.76. The molecule has 0 saturated heterocycles. The minimum atomic E-state index is -1.10. The molecule has 2 aromatic carbocycles. The molecule has 0 spiro atoms. The fourth-order valence-electron chi connectivity index (χ4n) is 4.36. The second kappa shape index (κ2) is 8.91. The molecule has 7 heteroatoms. The Bertz CT molecular complexity index is 1330. The lowest BCUT2D eigenvalue weighted by Gasteiger charge is -2.43. The van der Waals surface area contributed by atoms with E-state index >= 15 is 0 Å². The highest BCUT2D eigenvalue weighted by Crippen LogP contribution is 2.33. The molecule has 1 aliphatic rings. The number of benzene rings is 2. The Kier molecular flexibility index (Phi) is 5.79. The van der Waals surface area contributed by atoms with E-state index in [0.717, 1.165) is 27.3 Å².